The number of carbonyl (C=O) groups excluding carboxylic acids is 2. The van der Waals surface area contributed by atoms with E-state index < -0.39 is 17.7 Å². The summed E-state index contributed by atoms with van der Waals surface area (Å²) in [6.07, 6.45) is 0.150. The van der Waals surface area contributed by atoms with Crippen molar-refractivity contribution in [2.45, 2.75) is 38.8 Å². The largest absolute Gasteiger partial charge is 0.444 e. The number of nitrogens with one attached hydrogen (secondary N) is 1. The van der Waals surface area contributed by atoms with Crippen LogP contribution in [0.4, 0.5) is 4.79 Å². The Labute approximate surface area is 140 Å². The van der Waals surface area contributed by atoms with E-state index in [0.717, 1.165) is 6.42 Å². The van der Waals surface area contributed by atoms with E-state index in [-0.39, 0.29) is 5.91 Å². The Morgan fingerprint density at radius 2 is 2.17 bits per heavy atom. The maximum Gasteiger partial charge on any atom is 0.408 e. The lowest BCUT2D eigenvalue weighted by molar-refractivity contribution is -0.133. The highest BCUT2D eigenvalue weighted by atomic mass is 32.1. The number of thiazole rings is 1. The summed E-state index contributed by atoms with van der Waals surface area (Å²) < 4.78 is 10.6. The van der Waals surface area contributed by atoms with Crippen LogP contribution in [0.25, 0.3) is 0 Å². The lowest BCUT2D eigenvalue weighted by Crippen LogP contribution is -2.45. The van der Waals surface area contributed by atoms with Crippen LogP contribution in [0.2, 0.25) is 0 Å². The molecule has 1 aliphatic heterocycles. The lowest BCUT2D eigenvalue weighted by Gasteiger charge is -2.27. The van der Waals surface area contributed by atoms with Crippen molar-refractivity contribution in [1.29, 1.82) is 0 Å². The van der Waals surface area contributed by atoms with Gasteiger partial charge in [0.05, 0.1) is 17.8 Å². The third kappa shape index (κ3) is 5.47. The van der Waals surface area contributed by atoms with E-state index in [1.807, 2.05) is 0 Å². The molecule has 128 valence electrons. The van der Waals surface area contributed by atoms with E-state index in [1.165, 1.54) is 11.3 Å². The number of carbonyl (C=O) groups is 2. The Kier molecular flexibility index (Phi) is 5.95. The molecule has 23 heavy (non-hydrogen) atoms. The van der Waals surface area contributed by atoms with E-state index in [2.05, 4.69) is 10.3 Å². The molecule has 1 aliphatic rings. The zero-order valence-corrected chi connectivity index (χ0v) is 14.5. The Hall–Kier alpha value is -1.67. The van der Waals surface area contributed by atoms with Crippen LogP contribution >= 0.6 is 11.3 Å². The minimum absolute atomic E-state index is 0.188. The normalized spacial score (nSPS) is 17.3. The van der Waals surface area contributed by atoms with Gasteiger partial charge in [-0.1, -0.05) is 0 Å². The first-order valence-electron chi connectivity index (χ1n) is 7.61. The van der Waals surface area contributed by atoms with Gasteiger partial charge >= 0.3 is 6.09 Å². The number of hydrogen-bond donors (Lipinski definition) is 1. The fourth-order valence-corrected chi connectivity index (χ4v) is 2.78. The molecule has 0 aliphatic carbocycles. The predicted molar refractivity (Wildman–Crippen MR) is 86.2 cm³/mol. The monoisotopic (exact) mass is 341 g/mol. The quantitative estimate of drug-likeness (QED) is 0.909. The smallest absolute Gasteiger partial charge is 0.408 e. The van der Waals surface area contributed by atoms with Crippen LogP contribution in [0.5, 0.6) is 0 Å². The topological polar surface area (TPSA) is 80.8 Å². The average molecular weight is 341 g/mol. The van der Waals surface area contributed by atoms with Crippen molar-refractivity contribution in [2.24, 2.45) is 0 Å². The maximum absolute atomic E-state index is 12.8. The molecule has 0 saturated carbocycles. The third-order valence-corrected chi connectivity index (χ3v) is 3.79. The molecule has 0 unspecified atom stereocenters. The summed E-state index contributed by atoms with van der Waals surface area (Å²) in [4.78, 5) is 30.8. The summed E-state index contributed by atoms with van der Waals surface area (Å²) in [6, 6.07) is -0.839. The van der Waals surface area contributed by atoms with Crippen molar-refractivity contribution in [3.8, 4) is 0 Å². The molecule has 1 fully saturated rings. The summed E-state index contributed by atoms with van der Waals surface area (Å²) in [5, 5.41) is 4.40. The molecular formula is C15H23N3O4S. The summed E-state index contributed by atoms with van der Waals surface area (Å²) in [6.45, 7) is 7.59. The zero-order chi connectivity index (χ0) is 16.9. The van der Waals surface area contributed by atoms with Gasteiger partial charge in [0.15, 0.2) is 6.04 Å². The van der Waals surface area contributed by atoms with Crippen molar-refractivity contribution >= 4 is 23.3 Å². The molecule has 7 nitrogen and oxygen atoms in total. The standard InChI is InChI=1S/C15H23N3O4S/c1-15(2,3)22-14(20)17-12(11-9-23-10-16-11)13(19)18-5-4-7-21-8-6-18/h9-10,12H,4-8H2,1-3H3,(H,17,20)/t12-/m0/s1. The molecule has 0 bridgehead atoms. The van der Waals surface area contributed by atoms with Crippen LogP contribution in [-0.4, -0.2) is 53.8 Å². The molecule has 2 rings (SSSR count). The van der Waals surface area contributed by atoms with Crippen LogP contribution in [0, 0.1) is 0 Å². The van der Waals surface area contributed by atoms with Crippen LogP contribution in [0.15, 0.2) is 10.9 Å². The molecule has 0 spiro atoms. The summed E-state index contributed by atoms with van der Waals surface area (Å²) >= 11 is 1.38. The van der Waals surface area contributed by atoms with Gasteiger partial charge < -0.3 is 19.7 Å². The maximum atomic E-state index is 12.8. The number of hydrogen-bond acceptors (Lipinski definition) is 6. The second-order valence-electron chi connectivity index (χ2n) is 6.28. The molecule has 2 amide bonds. The number of alkyl carbamates (subject to hydrolysis) is 1. The van der Waals surface area contributed by atoms with E-state index in [1.54, 1.807) is 36.6 Å². The van der Waals surface area contributed by atoms with Crippen LogP contribution < -0.4 is 5.32 Å². The SMILES string of the molecule is CC(C)(C)OC(=O)N[C@H](C(=O)N1CCCOCC1)c1cscn1. The van der Waals surface area contributed by atoms with Gasteiger partial charge in [0, 0.05) is 25.1 Å². The van der Waals surface area contributed by atoms with Gasteiger partial charge in [-0.05, 0) is 27.2 Å². The minimum Gasteiger partial charge on any atom is -0.444 e. The van der Waals surface area contributed by atoms with Gasteiger partial charge in [-0.2, -0.15) is 0 Å². The predicted octanol–water partition coefficient (Wildman–Crippen LogP) is 1.96. The van der Waals surface area contributed by atoms with E-state index in [9.17, 15) is 9.59 Å². The Bertz CT molecular complexity index is 519. The number of nitrogens with zero attached hydrogens (tertiary/aromatic N) is 2. The fraction of sp³-hybridized carbons (Fsp3) is 0.667. The second kappa shape index (κ2) is 7.74. The molecular weight excluding hydrogens is 318 g/mol. The molecule has 8 heteroatoms. The van der Waals surface area contributed by atoms with Crippen LogP contribution in [-0.2, 0) is 14.3 Å². The van der Waals surface area contributed by atoms with Crippen LogP contribution in [0.3, 0.4) is 0 Å². The molecule has 1 aromatic heterocycles. The van der Waals surface area contributed by atoms with E-state index >= 15 is 0 Å². The Balaban J connectivity index is 2.11. The minimum atomic E-state index is -0.839. The van der Waals surface area contributed by atoms with Gasteiger partial charge in [-0.3, -0.25) is 4.79 Å². The number of ether oxygens (including phenoxy) is 2. The third-order valence-electron chi connectivity index (χ3n) is 3.19. The highest BCUT2D eigenvalue weighted by molar-refractivity contribution is 7.07. The first-order valence-corrected chi connectivity index (χ1v) is 8.55. The van der Waals surface area contributed by atoms with Crippen molar-refractivity contribution < 1.29 is 19.1 Å². The fourth-order valence-electron chi connectivity index (χ4n) is 2.20. The Morgan fingerprint density at radius 1 is 1.39 bits per heavy atom. The van der Waals surface area contributed by atoms with E-state index in [4.69, 9.17) is 9.47 Å². The van der Waals surface area contributed by atoms with E-state index in [0.29, 0.717) is 32.0 Å². The second-order valence-corrected chi connectivity index (χ2v) is 7.00. The molecule has 1 saturated heterocycles. The van der Waals surface area contributed by atoms with Gasteiger partial charge in [0.2, 0.25) is 0 Å². The number of rotatable bonds is 3. The van der Waals surface area contributed by atoms with Crippen molar-refractivity contribution in [2.75, 3.05) is 26.3 Å². The number of aromatic nitrogens is 1. The summed E-state index contributed by atoms with van der Waals surface area (Å²) in [5.74, 6) is -0.188. The molecule has 1 atom stereocenters. The average Bonchev–Trinajstić information content (AvgIpc) is 2.84. The number of amides is 2. The van der Waals surface area contributed by atoms with Gasteiger partial charge in [-0.15, -0.1) is 11.3 Å². The van der Waals surface area contributed by atoms with Crippen molar-refractivity contribution in [3.05, 3.63) is 16.6 Å². The van der Waals surface area contributed by atoms with Gasteiger partial charge in [-0.25, -0.2) is 9.78 Å². The molecule has 1 N–H and O–H groups in total. The summed E-state index contributed by atoms with van der Waals surface area (Å²) in [7, 11) is 0. The lowest BCUT2D eigenvalue weighted by atomic mass is 10.2. The molecule has 0 radical (unpaired) electrons. The highest BCUT2D eigenvalue weighted by Gasteiger charge is 2.31. The zero-order valence-electron chi connectivity index (χ0n) is 13.7. The Morgan fingerprint density at radius 3 is 2.83 bits per heavy atom. The van der Waals surface area contributed by atoms with Crippen LogP contribution in [0.1, 0.15) is 38.9 Å². The first kappa shape index (κ1) is 17.7. The highest BCUT2D eigenvalue weighted by Crippen LogP contribution is 2.18. The molecule has 0 aromatic carbocycles. The van der Waals surface area contributed by atoms with Crippen molar-refractivity contribution in [1.82, 2.24) is 15.2 Å². The van der Waals surface area contributed by atoms with Gasteiger partial charge in [0.1, 0.15) is 5.60 Å². The van der Waals surface area contributed by atoms with Gasteiger partial charge in [0.25, 0.3) is 5.91 Å². The van der Waals surface area contributed by atoms with Crippen molar-refractivity contribution in [3.63, 3.8) is 0 Å². The molecule has 1 aromatic rings. The first-order chi connectivity index (χ1) is 10.9. The molecule has 2 heterocycles. The summed E-state index contributed by atoms with van der Waals surface area (Å²) in [5.41, 5.74) is 1.53.